The fourth-order valence-electron chi connectivity index (χ4n) is 6.05. The van der Waals surface area contributed by atoms with Crippen molar-refractivity contribution >= 4 is 51.9 Å². The predicted molar refractivity (Wildman–Crippen MR) is 135 cm³/mol. The second-order valence-electron chi connectivity index (χ2n) is 9.25. The highest BCUT2D eigenvalue weighted by molar-refractivity contribution is 7.02. The molecular formula is C19H26B5N7. The van der Waals surface area contributed by atoms with E-state index in [9.17, 15) is 0 Å². The molecule has 3 aliphatic rings. The van der Waals surface area contributed by atoms with Gasteiger partial charge in [0.1, 0.15) is 5.82 Å². The molecule has 6 rings (SSSR count). The van der Waals surface area contributed by atoms with Crippen LogP contribution in [0.5, 0.6) is 0 Å². The Kier molecular flexibility index (Phi) is 4.22. The minimum absolute atomic E-state index is 0.0545. The number of para-hydroxylation sites is 3. The molecule has 0 atom stereocenters. The molecule has 152 valence electrons. The van der Waals surface area contributed by atoms with Crippen LogP contribution in [0.4, 0.5) is 5.69 Å². The summed E-state index contributed by atoms with van der Waals surface area (Å²) in [5, 5.41) is 0. The first-order chi connectivity index (χ1) is 14.9. The summed E-state index contributed by atoms with van der Waals surface area (Å²) in [5.74, 6) is 1.06. The van der Waals surface area contributed by atoms with Crippen LogP contribution in [0.3, 0.4) is 0 Å². The van der Waals surface area contributed by atoms with Crippen molar-refractivity contribution in [3.63, 3.8) is 0 Å². The van der Waals surface area contributed by atoms with E-state index in [1.54, 1.807) is 0 Å². The molecule has 1 aromatic heterocycles. The second kappa shape index (κ2) is 6.69. The number of fused-ring (bicyclic) bond motifs is 9. The number of rotatable bonds is 0. The van der Waals surface area contributed by atoms with E-state index in [4.69, 9.17) is 4.98 Å². The van der Waals surface area contributed by atoms with E-state index >= 15 is 0 Å². The molecule has 0 unspecified atom stereocenters. The van der Waals surface area contributed by atoms with E-state index in [2.05, 4.69) is 118 Å². The van der Waals surface area contributed by atoms with Gasteiger partial charge in [0, 0.05) is 11.3 Å². The molecule has 0 radical (unpaired) electrons. The number of imidazole rings is 1. The molecule has 0 amide bonds. The molecule has 4 heterocycles. The van der Waals surface area contributed by atoms with Gasteiger partial charge in [0.15, 0.2) is 0 Å². The maximum Gasteiger partial charge on any atom is 0.455 e. The zero-order valence-corrected chi connectivity index (χ0v) is 19.1. The number of anilines is 1. The summed E-state index contributed by atoms with van der Waals surface area (Å²) in [6.07, 6.45) is 0. The van der Waals surface area contributed by atoms with Gasteiger partial charge in [-0.2, -0.15) is 0 Å². The molecule has 3 aliphatic heterocycles. The lowest BCUT2D eigenvalue weighted by molar-refractivity contribution is 0.512. The highest BCUT2D eigenvalue weighted by atomic mass is 15.5. The van der Waals surface area contributed by atoms with Gasteiger partial charge in [0.2, 0.25) is 0 Å². The van der Waals surface area contributed by atoms with E-state index in [-0.39, 0.29) is 21.2 Å². The maximum atomic E-state index is 5.08. The van der Waals surface area contributed by atoms with Crippen LogP contribution in [-0.4, -0.2) is 84.6 Å². The van der Waals surface area contributed by atoms with Crippen molar-refractivity contribution in [1.29, 1.82) is 0 Å². The van der Waals surface area contributed by atoms with Crippen molar-refractivity contribution in [3.8, 4) is 11.4 Å². The largest absolute Gasteiger partial charge is 0.455 e. The van der Waals surface area contributed by atoms with Gasteiger partial charge in [-0.25, -0.2) is 4.98 Å². The van der Waals surface area contributed by atoms with Crippen LogP contribution in [0.15, 0.2) is 48.5 Å². The Morgan fingerprint density at radius 1 is 0.710 bits per heavy atom. The molecule has 3 aromatic rings. The first kappa shape index (κ1) is 19.6. The Bertz CT molecular complexity index is 1170. The van der Waals surface area contributed by atoms with Gasteiger partial charge in [0.05, 0.1) is 11.0 Å². The molecule has 31 heavy (non-hydrogen) atoms. The highest BCUT2D eigenvalue weighted by Crippen LogP contribution is 2.42. The van der Waals surface area contributed by atoms with Crippen molar-refractivity contribution in [2.24, 2.45) is 0 Å². The van der Waals surface area contributed by atoms with Crippen molar-refractivity contribution < 1.29 is 0 Å². The minimum atomic E-state index is 0.0545. The quantitative estimate of drug-likeness (QED) is 0.530. The average Bonchev–Trinajstić information content (AvgIpc) is 3.17. The molecule has 2 fully saturated rings. The maximum absolute atomic E-state index is 5.08. The summed E-state index contributed by atoms with van der Waals surface area (Å²) >= 11 is 0. The normalized spacial score (nSPS) is 20.3. The third-order valence-electron chi connectivity index (χ3n) is 7.89. The molecule has 2 saturated heterocycles. The van der Waals surface area contributed by atoms with Gasteiger partial charge in [-0.05, 0) is 45.4 Å². The molecule has 2 aromatic carbocycles. The molecule has 7 nitrogen and oxygen atoms in total. The van der Waals surface area contributed by atoms with Crippen molar-refractivity contribution in [2.45, 2.75) is 20.5 Å². The smallest absolute Gasteiger partial charge is 0.415 e. The first-order valence-electron chi connectivity index (χ1n) is 11.2. The Morgan fingerprint density at radius 2 is 1.42 bits per heavy atom. The molecule has 0 N–H and O–H groups in total. The van der Waals surface area contributed by atoms with Gasteiger partial charge in [-0.3, -0.25) is 0 Å². The van der Waals surface area contributed by atoms with E-state index in [1.165, 1.54) is 16.8 Å². The lowest BCUT2D eigenvalue weighted by Gasteiger charge is -2.62. The van der Waals surface area contributed by atoms with Crippen LogP contribution in [0, 0.1) is 0 Å². The van der Waals surface area contributed by atoms with Gasteiger partial charge in [-0.1, -0.05) is 44.7 Å². The Morgan fingerprint density at radius 3 is 2.23 bits per heavy atom. The van der Waals surface area contributed by atoms with Crippen LogP contribution < -0.4 is 4.72 Å². The van der Waals surface area contributed by atoms with Gasteiger partial charge >= 0.3 is 21.2 Å². The Labute approximate surface area is 186 Å². The van der Waals surface area contributed by atoms with E-state index in [0.717, 1.165) is 11.3 Å². The lowest BCUT2D eigenvalue weighted by atomic mass is 9.37. The summed E-state index contributed by atoms with van der Waals surface area (Å²) in [4.78, 5) is 5.08. The standard InChI is InChI=1S/C19H26B5N7/c1-20-26(4)21(2)31-22(3)30-17-13-9-7-11-15(17)19-25-16-12-8-10-14-18(16)29(19)24(30)28(6)23(31)27(20)5/h7-14H,1-6H3. The number of hydrogen-bond donors (Lipinski definition) is 0. The van der Waals surface area contributed by atoms with Crippen molar-refractivity contribution in [3.05, 3.63) is 48.5 Å². The van der Waals surface area contributed by atoms with Crippen LogP contribution in [0.1, 0.15) is 0 Å². The summed E-state index contributed by atoms with van der Waals surface area (Å²) < 4.78 is 15.1. The molecule has 0 saturated carbocycles. The zero-order chi connectivity index (χ0) is 21.6. The van der Waals surface area contributed by atoms with E-state index in [0.29, 0.717) is 14.0 Å². The Hall–Kier alpha value is -2.13. The monoisotopic (exact) mass is 407 g/mol. The minimum Gasteiger partial charge on any atom is -0.415 e. The fraction of sp³-hybridized carbons (Fsp3) is 0.316. The number of hydrogen-bond acceptors (Lipinski definition) is 6. The Balaban J connectivity index is 1.62. The third-order valence-corrected chi connectivity index (χ3v) is 7.89. The SMILES string of the molecule is CB1N(C)B(C)N2B(N1C)N(C)B1N(B2C)c2ccccc2-c2nc3ccccc3n21. The molecule has 0 aliphatic carbocycles. The van der Waals surface area contributed by atoms with Crippen LogP contribution >= 0.6 is 0 Å². The molecule has 0 bridgehead atoms. The van der Waals surface area contributed by atoms with Crippen molar-refractivity contribution in [1.82, 2.24) is 28.3 Å². The van der Waals surface area contributed by atoms with E-state index in [1.807, 2.05) is 0 Å². The summed E-state index contributed by atoms with van der Waals surface area (Å²) in [5.41, 5.74) is 4.69. The first-order valence-corrected chi connectivity index (χ1v) is 11.2. The van der Waals surface area contributed by atoms with Crippen LogP contribution in [-0.2, 0) is 0 Å². The number of aromatic nitrogens is 2. The molecule has 12 heteroatoms. The van der Waals surface area contributed by atoms with Crippen LogP contribution in [0.2, 0.25) is 20.5 Å². The van der Waals surface area contributed by atoms with Gasteiger partial charge in [-0.15, -0.1) is 0 Å². The summed E-state index contributed by atoms with van der Waals surface area (Å²) in [7, 11) is 6.98. The topological polar surface area (TPSA) is 34.0 Å². The predicted octanol–water partition coefficient (Wildman–Crippen LogP) is 1.82. The summed E-state index contributed by atoms with van der Waals surface area (Å²) in [6, 6.07) is 17.2. The van der Waals surface area contributed by atoms with Gasteiger partial charge in [0.25, 0.3) is 14.0 Å². The van der Waals surface area contributed by atoms with Crippen LogP contribution in [0.25, 0.3) is 22.4 Å². The fourth-order valence-corrected chi connectivity index (χ4v) is 6.05. The second-order valence-corrected chi connectivity index (χ2v) is 9.25. The lowest BCUT2D eigenvalue weighted by Crippen LogP contribution is -2.89. The van der Waals surface area contributed by atoms with Crippen molar-refractivity contribution in [2.75, 3.05) is 25.9 Å². The average molecular weight is 407 g/mol. The molecule has 0 spiro atoms. The van der Waals surface area contributed by atoms with Gasteiger partial charge < -0.3 is 28.0 Å². The third kappa shape index (κ3) is 2.42. The molecular weight excluding hydrogens is 380 g/mol. The zero-order valence-electron chi connectivity index (χ0n) is 19.1. The highest BCUT2D eigenvalue weighted by Gasteiger charge is 2.60. The summed E-state index contributed by atoms with van der Waals surface area (Å²) in [6.45, 7) is 7.87. The van der Waals surface area contributed by atoms with E-state index < -0.39 is 0 Å². The number of nitrogens with zero attached hydrogens (tertiary/aromatic N) is 7. The number of benzene rings is 2.